The van der Waals surface area contributed by atoms with Gasteiger partial charge in [-0.2, -0.15) is 26.2 Å². The van der Waals surface area contributed by atoms with Crippen molar-refractivity contribution < 1.29 is 22.9 Å². The first kappa shape index (κ1) is 23.4. The van der Waals surface area contributed by atoms with Crippen molar-refractivity contribution in [2.75, 3.05) is 5.32 Å². The number of amides is 1. The lowest BCUT2D eigenvalue weighted by Gasteiger charge is -2.12. The van der Waals surface area contributed by atoms with Crippen LogP contribution in [-0.4, -0.2) is 24.0 Å². The molecule has 0 aliphatic rings. The van der Waals surface area contributed by atoms with Crippen LogP contribution in [0.15, 0.2) is 94.0 Å². The quantitative estimate of drug-likeness (QED) is 0.151. The number of azo groups is 1. The molecule has 0 bridgehead atoms. The Hall–Kier alpha value is -3.73. The molecule has 0 radical (unpaired) electrons. The van der Waals surface area contributed by atoms with Crippen molar-refractivity contribution in [2.24, 2.45) is 10.2 Å². The van der Waals surface area contributed by atoms with Gasteiger partial charge >= 0.3 is 0 Å². The fourth-order valence-corrected chi connectivity index (χ4v) is 4.00. The molecular weight excluding hydrogens is 474 g/mol. The highest BCUT2D eigenvalue weighted by Crippen LogP contribution is 2.38. The Morgan fingerprint density at radius 2 is 1.62 bits per heavy atom. The summed E-state index contributed by atoms with van der Waals surface area (Å²) < 4.78 is 32.7. The minimum atomic E-state index is -4.50. The van der Waals surface area contributed by atoms with E-state index in [2.05, 4.69) is 28.2 Å². The molecule has 0 aliphatic heterocycles. The van der Waals surface area contributed by atoms with Gasteiger partial charge in [0, 0.05) is 22.2 Å². The zero-order valence-corrected chi connectivity index (χ0v) is 19.3. The smallest absolute Gasteiger partial charge is 0.294 e. The minimum absolute atomic E-state index is 0.0765. The Kier molecular flexibility index (Phi) is 6.64. The summed E-state index contributed by atoms with van der Waals surface area (Å²) in [5.74, 6) is -0.394. The molecule has 0 aliphatic carbocycles. The molecule has 4 rings (SSSR count). The standard InChI is InChI=1S/C24H19N3O5S2/c28-23-19-11-10-18(34(30,31)32)12-20(19)22(27-26-17-4-2-1-3-5-17)13-21(23)24(29)25-16-8-6-15(14-33)7-9-16/h1-13,28,33H,14H2,(H,25,29)(H,30,31,32)/b27-26+. The molecule has 172 valence electrons. The SMILES string of the molecule is O=C(Nc1ccc(CS)cc1)c1cc(/N=N/c2ccccc2)c2cc(S(=O)(=O)O)ccc2c1O. The summed E-state index contributed by atoms with van der Waals surface area (Å²) in [7, 11) is -4.50. The van der Waals surface area contributed by atoms with Gasteiger partial charge in [-0.1, -0.05) is 30.3 Å². The molecule has 0 aromatic heterocycles. The van der Waals surface area contributed by atoms with E-state index in [0.717, 1.165) is 11.6 Å². The fourth-order valence-electron chi connectivity index (χ4n) is 3.28. The lowest BCUT2D eigenvalue weighted by atomic mass is 10.0. The zero-order chi connectivity index (χ0) is 24.3. The number of carbonyl (C=O) groups excluding carboxylic acids is 1. The van der Waals surface area contributed by atoms with Crippen molar-refractivity contribution in [1.82, 2.24) is 0 Å². The third kappa shape index (κ3) is 5.09. The number of aromatic hydroxyl groups is 1. The van der Waals surface area contributed by atoms with Crippen LogP contribution in [0.4, 0.5) is 17.1 Å². The molecule has 8 nitrogen and oxygen atoms in total. The van der Waals surface area contributed by atoms with E-state index in [9.17, 15) is 22.9 Å². The molecule has 1 amide bonds. The number of anilines is 1. The van der Waals surface area contributed by atoms with E-state index in [1.165, 1.54) is 18.2 Å². The molecule has 4 aromatic carbocycles. The number of fused-ring (bicyclic) bond motifs is 1. The molecule has 0 saturated heterocycles. The maximum Gasteiger partial charge on any atom is 0.294 e. The van der Waals surface area contributed by atoms with Gasteiger partial charge in [0.25, 0.3) is 16.0 Å². The Morgan fingerprint density at radius 1 is 0.912 bits per heavy atom. The topological polar surface area (TPSA) is 128 Å². The number of hydrogen-bond acceptors (Lipinski definition) is 7. The van der Waals surface area contributed by atoms with Crippen molar-refractivity contribution in [3.63, 3.8) is 0 Å². The van der Waals surface area contributed by atoms with Gasteiger partial charge in [-0.3, -0.25) is 9.35 Å². The van der Waals surface area contributed by atoms with Gasteiger partial charge in [0.1, 0.15) is 5.75 Å². The maximum absolute atomic E-state index is 13.0. The maximum atomic E-state index is 13.0. The van der Waals surface area contributed by atoms with Crippen LogP contribution in [0.5, 0.6) is 5.75 Å². The number of hydrogen-bond donors (Lipinski definition) is 4. The largest absolute Gasteiger partial charge is 0.506 e. The summed E-state index contributed by atoms with van der Waals surface area (Å²) in [5.41, 5.74) is 2.09. The van der Waals surface area contributed by atoms with Crippen molar-refractivity contribution in [1.29, 1.82) is 0 Å². The monoisotopic (exact) mass is 493 g/mol. The van der Waals surface area contributed by atoms with Gasteiger partial charge in [-0.15, -0.1) is 5.11 Å². The Morgan fingerprint density at radius 3 is 2.26 bits per heavy atom. The normalized spacial score (nSPS) is 11.7. The molecule has 10 heteroatoms. The average Bonchev–Trinajstić information content (AvgIpc) is 2.84. The lowest BCUT2D eigenvalue weighted by molar-refractivity contribution is 0.102. The van der Waals surface area contributed by atoms with E-state index in [4.69, 9.17) is 0 Å². The molecule has 34 heavy (non-hydrogen) atoms. The zero-order valence-electron chi connectivity index (χ0n) is 17.6. The number of benzene rings is 4. The van der Waals surface area contributed by atoms with Gasteiger partial charge < -0.3 is 10.4 Å². The molecular formula is C24H19N3O5S2. The Labute approximate surface area is 201 Å². The fraction of sp³-hybridized carbons (Fsp3) is 0.0417. The minimum Gasteiger partial charge on any atom is -0.506 e. The number of carbonyl (C=O) groups is 1. The van der Waals surface area contributed by atoms with E-state index < -0.39 is 16.0 Å². The second-order valence-corrected chi connectivity index (χ2v) is 9.06. The predicted molar refractivity (Wildman–Crippen MR) is 133 cm³/mol. The van der Waals surface area contributed by atoms with Gasteiger partial charge in [0.15, 0.2) is 0 Å². The summed E-state index contributed by atoms with van der Waals surface area (Å²) in [5, 5.41) is 22.3. The molecule has 0 atom stereocenters. The van der Waals surface area contributed by atoms with Gasteiger partial charge in [0.2, 0.25) is 0 Å². The molecule has 0 fully saturated rings. The third-order valence-corrected chi connectivity index (χ3v) is 6.24. The lowest BCUT2D eigenvalue weighted by Crippen LogP contribution is -2.12. The van der Waals surface area contributed by atoms with Crippen molar-refractivity contribution >= 4 is 56.5 Å². The van der Waals surface area contributed by atoms with E-state index in [0.29, 0.717) is 17.1 Å². The number of thiol groups is 1. The van der Waals surface area contributed by atoms with E-state index in [1.807, 2.05) is 18.2 Å². The first-order valence-corrected chi connectivity index (χ1v) is 12.1. The second-order valence-electron chi connectivity index (χ2n) is 7.32. The van der Waals surface area contributed by atoms with Gasteiger partial charge in [-0.25, -0.2) is 0 Å². The summed E-state index contributed by atoms with van der Waals surface area (Å²) in [6.45, 7) is 0. The second kappa shape index (κ2) is 9.64. The van der Waals surface area contributed by atoms with Crippen LogP contribution < -0.4 is 5.32 Å². The first-order chi connectivity index (χ1) is 16.3. The van der Waals surface area contributed by atoms with E-state index >= 15 is 0 Å². The van der Waals surface area contributed by atoms with Crippen LogP contribution in [0.2, 0.25) is 0 Å². The van der Waals surface area contributed by atoms with Crippen molar-refractivity contribution in [3.05, 3.63) is 90.0 Å². The highest BCUT2D eigenvalue weighted by Gasteiger charge is 2.20. The van der Waals surface area contributed by atoms with Crippen LogP contribution in [0.25, 0.3) is 10.8 Å². The van der Waals surface area contributed by atoms with Crippen LogP contribution in [0.1, 0.15) is 15.9 Å². The summed E-state index contributed by atoms with van der Waals surface area (Å²) >= 11 is 4.21. The molecule has 0 spiro atoms. The van der Waals surface area contributed by atoms with Gasteiger partial charge in [-0.05, 0) is 54.1 Å². The Bertz CT molecular complexity index is 1500. The van der Waals surface area contributed by atoms with Crippen molar-refractivity contribution in [2.45, 2.75) is 10.6 Å². The molecule has 0 saturated carbocycles. The number of phenols is 1. The number of rotatable bonds is 6. The summed E-state index contributed by atoms with van der Waals surface area (Å²) in [6, 6.07) is 20.8. The van der Waals surface area contributed by atoms with Crippen LogP contribution in [-0.2, 0) is 15.9 Å². The highest BCUT2D eigenvalue weighted by molar-refractivity contribution is 7.85. The van der Waals surface area contributed by atoms with Crippen LogP contribution in [0, 0.1) is 0 Å². The van der Waals surface area contributed by atoms with Crippen LogP contribution in [0.3, 0.4) is 0 Å². The molecule has 0 unspecified atom stereocenters. The number of nitrogens with one attached hydrogen (secondary N) is 1. The third-order valence-electron chi connectivity index (χ3n) is 5.02. The molecule has 0 heterocycles. The summed E-state index contributed by atoms with van der Waals surface area (Å²) in [4.78, 5) is 12.6. The number of nitrogens with zero attached hydrogens (tertiary/aromatic N) is 2. The Balaban J connectivity index is 1.82. The number of phenolic OH excluding ortho intramolecular Hbond substituents is 1. The average molecular weight is 494 g/mol. The van der Waals surface area contributed by atoms with Crippen LogP contribution >= 0.6 is 12.6 Å². The van der Waals surface area contributed by atoms with E-state index in [1.54, 1.807) is 36.4 Å². The highest BCUT2D eigenvalue weighted by atomic mass is 32.2. The van der Waals surface area contributed by atoms with Gasteiger partial charge in [0.05, 0.1) is 21.8 Å². The molecule has 4 aromatic rings. The van der Waals surface area contributed by atoms with E-state index in [-0.39, 0.29) is 32.7 Å². The van der Waals surface area contributed by atoms with Crippen molar-refractivity contribution in [3.8, 4) is 5.75 Å². The predicted octanol–water partition coefficient (Wildman–Crippen LogP) is 5.89. The summed E-state index contributed by atoms with van der Waals surface area (Å²) in [6.07, 6.45) is 0. The first-order valence-electron chi connectivity index (χ1n) is 10.0. The molecule has 3 N–H and O–H groups in total.